The molecule has 0 saturated heterocycles. The summed E-state index contributed by atoms with van der Waals surface area (Å²) in [5.74, 6) is -1.04. The zero-order valence-electron chi connectivity index (χ0n) is 40.1. The molecule has 0 spiro atoms. The molecular formula is C56H92O6. The Bertz CT molecular complexity index is 1260. The smallest absolute Gasteiger partial charge is 0.306 e. The Hall–Kier alpha value is -3.67. The van der Waals surface area contributed by atoms with Crippen LogP contribution in [0.4, 0.5) is 0 Å². The standard InChI is InChI=1S/C56H92O6/c1-4-7-10-13-16-19-22-25-27-29-31-34-37-40-43-46-49-55(58)61-52-53(51-60-54(57)48-45-42-39-36-33-30-24-21-18-15-12-9-6-3)62-56(59)50-47-44-41-38-35-32-28-26-23-20-17-14-11-8-5-2/h8,11,14,17,20,23,26-31,33-34,39,42,53H,4-7,9-10,12-13,15-16,18-19,21-22,24-25,32,35-38,40-41,43-52H2,1-3H3/b11-8+,17-14+,23-20+,28-26+,29-27+,33-30+,34-31+,42-39+. The van der Waals surface area contributed by atoms with Crippen LogP contribution in [0.1, 0.15) is 220 Å². The Morgan fingerprint density at radius 2 is 0.726 bits per heavy atom. The SMILES string of the molecule is CC/C=C/C=C/C=C/C=C/CCCCCCCC(=O)OC(COC(=O)CC/C=C/C/C=C/CCCCCCCC)COC(=O)CCCCC/C=C/C=C/CCCCCCCCC. The molecule has 0 saturated carbocycles. The molecule has 0 radical (unpaired) electrons. The quantitative estimate of drug-likeness (QED) is 0.0200. The van der Waals surface area contributed by atoms with Crippen molar-refractivity contribution >= 4 is 17.9 Å². The molecule has 0 bridgehead atoms. The summed E-state index contributed by atoms with van der Waals surface area (Å²) < 4.78 is 16.7. The van der Waals surface area contributed by atoms with Gasteiger partial charge in [0.1, 0.15) is 13.2 Å². The van der Waals surface area contributed by atoms with Crippen LogP contribution in [0.2, 0.25) is 0 Å². The van der Waals surface area contributed by atoms with Crippen LogP contribution >= 0.6 is 0 Å². The average molecular weight is 861 g/mol. The third-order valence-corrected chi connectivity index (χ3v) is 10.4. The van der Waals surface area contributed by atoms with Gasteiger partial charge in [-0.3, -0.25) is 14.4 Å². The number of esters is 3. The molecule has 0 aliphatic heterocycles. The highest BCUT2D eigenvalue weighted by atomic mass is 16.6. The van der Waals surface area contributed by atoms with Gasteiger partial charge in [-0.15, -0.1) is 0 Å². The molecule has 0 aliphatic carbocycles. The molecule has 62 heavy (non-hydrogen) atoms. The molecule has 6 heteroatoms. The van der Waals surface area contributed by atoms with Gasteiger partial charge in [-0.25, -0.2) is 0 Å². The van der Waals surface area contributed by atoms with E-state index < -0.39 is 6.10 Å². The molecule has 0 aromatic heterocycles. The molecule has 0 aromatic rings. The number of rotatable bonds is 44. The van der Waals surface area contributed by atoms with E-state index in [4.69, 9.17) is 14.2 Å². The van der Waals surface area contributed by atoms with Crippen LogP contribution in [0.5, 0.6) is 0 Å². The van der Waals surface area contributed by atoms with Crippen molar-refractivity contribution in [3.8, 4) is 0 Å². The number of carbonyl (C=O) groups is 3. The van der Waals surface area contributed by atoms with Crippen LogP contribution in [0.3, 0.4) is 0 Å². The third-order valence-electron chi connectivity index (χ3n) is 10.4. The highest BCUT2D eigenvalue weighted by molar-refractivity contribution is 5.71. The first kappa shape index (κ1) is 58.3. The van der Waals surface area contributed by atoms with Gasteiger partial charge in [0.15, 0.2) is 6.10 Å². The van der Waals surface area contributed by atoms with Crippen LogP contribution in [0, 0.1) is 0 Å². The van der Waals surface area contributed by atoms with Crippen molar-refractivity contribution in [1.82, 2.24) is 0 Å². The molecule has 0 rings (SSSR count). The van der Waals surface area contributed by atoms with Crippen molar-refractivity contribution in [2.45, 2.75) is 226 Å². The van der Waals surface area contributed by atoms with Crippen LogP contribution in [0.25, 0.3) is 0 Å². The summed E-state index contributed by atoms with van der Waals surface area (Å²) in [6.45, 7) is 6.38. The van der Waals surface area contributed by atoms with Gasteiger partial charge < -0.3 is 14.2 Å². The van der Waals surface area contributed by atoms with Crippen molar-refractivity contribution in [2.24, 2.45) is 0 Å². The van der Waals surface area contributed by atoms with Crippen molar-refractivity contribution in [3.63, 3.8) is 0 Å². The normalized spacial score (nSPS) is 12.9. The van der Waals surface area contributed by atoms with Crippen molar-refractivity contribution < 1.29 is 28.6 Å². The lowest BCUT2D eigenvalue weighted by molar-refractivity contribution is -0.166. The summed E-state index contributed by atoms with van der Waals surface area (Å²) >= 11 is 0. The lowest BCUT2D eigenvalue weighted by Gasteiger charge is -2.18. The number of carbonyl (C=O) groups excluding carboxylic acids is 3. The van der Waals surface area contributed by atoms with Crippen LogP contribution < -0.4 is 0 Å². The molecule has 1 atom stereocenters. The van der Waals surface area contributed by atoms with Crippen LogP contribution in [0.15, 0.2) is 97.2 Å². The molecule has 0 aliphatic rings. The van der Waals surface area contributed by atoms with Gasteiger partial charge in [0.05, 0.1) is 0 Å². The minimum Gasteiger partial charge on any atom is -0.462 e. The monoisotopic (exact) mass is 861 g/mol. The topological polar surface area (TPSA) is 78.9 Å². The molecule has 6 nitrogen and oxygen atoms in total. The lowest BCUT2D eigenvalue weighted by Crippen LogP contribution is -2.30. The van der Waals surface area contributed by atoms with Gasteiger partial charge in [0.25, 0.3) is 0 Å². The first-order chi connectivity index (χ1) is 30.5. The third kappa shape index (κ3) is 47.4. The second-order valence-electron chi connectivity index (χ2n) is 16.5. The number of allylic oxidation sites excluding steroid dienone is 16. The number of ether oxygens (including phenoxy) is 3. The molecule has 1 unspecified atom stereocenters. The fourth-order valence-electron chi connectivity index (χ4n) is 6.61. The summed E-state index contributed by atoms with van der Waals surface area (Å²) in [6.07, 6.45) is 65.4. The Kier molecular flexibility index (Phi) is 47.0. The summed E-state index contributed by atoms with van der Waals surface area (Å²) in [7, 11) is 0. The van der Waals surface area contributed by atoms with E-state index in [-0.39, 0.29) is 44.0 Å². The molecule has 0 amide bonds. The zero-order valence-corrected chi connectivity index (χ0v) is 40.1. The van der Waals surface area contributed by atoms with Gasteiger partial charge in [-0.2, -0.15) is 0 Å². The predicted molar refractivity (Wildman–Crippen MR) is 265 cm³/mol. The summed E-state index contributed by atoms with van der Waals surface area (Å²) in [4.78, 5) is 37.9. The fourth-order valence-corrected chi connectivity index (χ4v) is 6.61. The maximum atomic E-state index is 12.8. The zero-order chi connectivity index (χ0) is 45.1. The highest BCUT2D eigenvalue weighted by Crippen LogP contribution is 2.12. The second kappa shape index (κ2) is 50.0. The van der Waals surface area contributed by atoms with Gasteiger partial charge in [-0.05, 0) is 83.5 Å². The molecule has 0 aromatic carbocycles. The Balaban J connectivity index is 4.55. The molecule has 0 fully saturated rings. The van der Waals surface area contributed by atoms with Gasteiger partial charge in [0.2, 0.25) is 0 Å². The maximum Gasteiger partial charge on any atom is 0.306 e. The Morgan fingerprint density at radius 1 is 0.355 bits per heavy atom. The number of hydrogen-bond acceptors (Lipinski definition) is 6. The van der Waals surface area contributed by atoms with Gasteiger partial charge >= 0.3 is 17.9 Å². The number of unbranched alkanes of at least 4 members (excludes halogenated alkanes) is 21. The van der Waals surface area contributed by atoms with E-state index in [0.29, 0.717) is 12.8 Å². The fraction of sp³-hybridized carbons (Fsp3) is 0.661. The van der Waals surface area contributed by atoms with Crippen LogP contribution in [-0.4, -0.2) is 37.2 Å². The van der Waals surface area contributed by atoms with E-state index in [1.165, 1.54) is 83.5 Å². The Morgan fingerprint density at radius 3 is 1.24 bits per heavy atom. The predicted octanol–water partition coefficient (Wildman–Crippen LogP) is 16.6. The van der Waals surface area contributed by atoms with Gasteiger partial charge in [0, 0.05) is 19.3 Å². The van der Waals surface area contributed by atoms with Crippen molar-refractivity contribution in [2.75, 3.05) is 13.2 Å². The largest absolute Gasteiger partial charge is 0.462 e. The van der Waals surface area contributed by atoms with E-state index in [2.05, 4.69) is 87.6 Å². The average Bonchev–Trinajstić information content (AvgIpc) is 3.27. The van der Waals surface area contributed by atoms with Crippen molar-refractivity contribution in [1.29, 1.82) is 0 Å². The Labute approximate surface area is 381 Å². The molecular weight excluding hydrogens is 769 g/mol. The first-order valence-electron chi connectivity index (χ1n) is 25.3. The molecule has 0 N–H and O–H groups in total. The van der Waals surface area contributed by atoms with Crippen LogP contribution in [-0.2, 0) is 28.6 Å². The van der Waals surface area contributed by atoms with E-state index in [9.17, 15) is 14.4 Å². The minimum atomic E-state index is -0.823. The van der Waals surface area contributed by atoms with E-state index in [1.54, 1.807) is 0 Å². The van der Waals surface area contributed by atoms with E-state index in [0.717, 1.165) is 89.9 Å². The second-order valence-corrected chi connectivity index (χ2v) is 16.5. The van der Waals surface area contributed by atoms with Crippen molar-refractivity contribution in [3.05, 3.63) is 97.2 Å². The summed E-state index contributed by atoms with van der Waals surface area (Å²) in [5, 5.41) is 0. The van der Waals surface area contributed by atoms with Gasteiger partial charge in [-0.1, -0.05) is 214 Å². The highest BCUT2D eigenvalue weighted by Gasteiger charge is 2.19. The maximum absolute atomic E-state index is 12.8. The van der Waals surface area contributed by atoms with E-state index >= 15 is 0 Å². The summed E-state index contributed by atoms with van der Waals surface area (Å²) in [6, 6.07) is 0. The number of hydrogen-bond donors (Lipinski definition) is 0. The molecule has 352 valence electrons. The van der Waals surface area contributed by atoms with E-state index in [1.807, 2.05) is 30.4 Å². The minimum absolute atomic E-state index is 0.119. The summed E-state index contributed by atoms with van der Waals surface area (Å²) in [5.41, 5.74) is 0. The molecule has 0 heterocycles. The lowest BCUT2D eigenvalue weighted by atomic mass is 10.1. The first-order valence-corrected chi connectivity index (χ1v) is 25.3.